The smallest absolute Gasteiger partial charge is 0.248 e. The summed E-state index contributed by atoms with van der Waals surface area (Å²) in [6.07, 6.45) is 0.0878. The number of nitrogens with zero attached hydrogens (tertiary/aromatic N) is 2. The van der Waals surface area contributed by atoms with Gasteiger partial charge >= 0.3 is 0 Å². The predicted molar refractivity (Wildman–Crippen MR) is 75.5 cm³/mol. The van der Waals surface area contributed by atoms with E-state index >= 15 is 0 Å². The lowest BCUT2D eigenvalue weighted by molar-refractivity contribution is -0.139. The first kappa shape index (κ1) is 15.3. The van der Waals surface area contributed by atoms with E-state index in [0.717, 1.165) is 13.1 Å². The maximum absolute atomic E-state index is 11.8. The standard InChI is InChI=1S/C12H23N3O2S/c1-9(2)17-8-11(16)15-6-4-14(5-7-15)10(3)12(13)18/h9-10H,4-8H2,1-3H3,(H2,13,18). The second-order valence-corrected chi connectivity index (χ2v) is 5.33. The quantitative estimate of drug-likeness (QED) is 0.727. The fourth-order valence-electron chi connectivity index (χ4n) is 1.87. The van der Waals surface area contributed by atoms with E-state index in [1.54, 1.807) is 0 Å². The van der Waals surface area contributed by atoms with Gasteiger partial charge in [-0.15, -0.1) is 0 Å². The molecule has 2 N–H and O–H groups in total. The highest BCUT2D eigenvalue weighted by atomic mass is 32.1. The lowest BCUT2D eigenvalue weighted by atomic mass is 10.2. The number of carbonyl (C=O) groups excluding carboxylic acids is 1. The lowest BCUT2D eigenvalue weighted by Gasteiger charge is -2.37. The number of thiocarbonyl (C=S) groups is 1. The van der Waals surface area contributed by atoms with E-state index in [-0.39, 0.29) is 24.7 Å². The zero-order valence-corrected chi connectivity index (χ0v) is 12.2. The molecule has 0 aliphatic carbocycles. The van der Waals surface area contributed by atoms with Crippen molar-refractivity contribution in [3.8, 4) is 0 Å². The Kier molecular flexibility index (Phi) is 5.98. The van der Waals surface area contributed by atoms with Gasteiger partial charge in [-0.25, -0.2) is 0 Å². The van der Waals surface area contributed by atoms with Gasteiger partial charge in [0.05, 0.1) is 17.1 Å². The highest BCUT2D eigenvalue weighted by Gasteiger charge is 2.24. The number of hydrogen-bond donors (Lipinski definition) is 1. The highest BCUT2D eigenvalue weighted by Crippen LogP contribution is 2.07. The molecule has 0 spiro atoms. The summed E-state index contributed by atoms with van der Waals surface area (Å²) < 4.78 is 5.32. The van der Waals surface area contributed by atoms with Crippen molar-refractivity contribution in [2.75, 3.05) is 32.8 Å². The zero-order valence-electron chi connectivity index (χ0n) is 11.4. The minimum Gasteiger partial charge on any atom is -0.392 e. The fraction of sp³-hybridized carbons (Fsp3) is 0.833. The molecule has 0 aromatic rings. The molecule has 1 unspecified atom stereocenters. The van der Waals surface area contributed by atoms with Crippen molar-refractivity contribution in [2.45, 2.75) is 32.9 Å². The molecule has 104 valence electrons. The second kappa shape index (κ2) is 7.01. The Hall–Kier alpha value is -0.720. The van der Waals surface area contributed by atoms with Crippen molar-refractivity contribution < 1.29 is 9.53 Å². The molecule has 0 aromatic heterocycles. The monoisotopic (exact) mass is 273 g/mol. The molecular formula is C12H23N3O2S. The van der Waals surface area contributed by atoms with Crippen LogP contribution in [0.15, 0.2) is 0 Å². The Morgan fingerprint density at radius 1 is 1.28 bits per heavy atom. The molecule has 1 aliphatic heterocycles. The van der Waals surface area contributed by atoms with Crippen LogP contribution in [-0.4, -0.2) is 65.6 Å². The first-order valence-corrected chi connectivity index (χ1v) is 6.75. The molecule has 0 aromatic carbocycles. The van der Waals surface area contributed by atoms with Crippen LogP contribution in [0.3, 0.4) is 0 Å². The molecule has 1 atom stereocenters. The number of nitrogens with two attached hydrogens (primary N) is 1. The molecule has 1 fully saturated rings. The minimum atomic E-state index is 0.0614. The van der Waals surface area contributed by atoms with E-state index in [1.807, 2.05) is 25.7 Å². The van der Waals surface area contributed by atoms with Crippen LogP contribution in [0.4, 0.5) is 0 Å². The van der Waals surface area contributed by atoms with Crippen LogP contribution < -0.4 is 5.73 Å². The van der Waals surface area contributed by atoms with E-state index in [1.165, 1.54) is 0 Å². The molecule has 18 heavy (non-hydrogen) atoms. The molecule has 1 saturated heterocycles. The third-order valence-corrected chi connectivity index (χ3v) is 3.51. The van der Waals surface area contributed by atoms with E-state index in [2.05, 4.69) is 4.90 Å². The van der Waals surface area contributed by atoms with Gasteiger partial charge in [0.15, 0.2) is 0 Å². The fourth-order valence-corrected chi connectivity index (χ4v) is 2.02. The third-order valence-electron chi connectivity index (χ3n) is 3.17. The van der Waals surface area contributed by atoms with Crippen LogP contribution in [-0.2, 0) is 9.53 Å². The Morgan fingerprint density at radius 3 is 2.28 bits per heavy atom. The molecular weight excluding hydrogens is 250 g/mol. The minimum absolute atomic E-state index is 0.0614. The Balaban J connectivity index is 2.35. The molecule has 0 bridgehead atoms. The Labute approximate surface area is 114 Å². The number of piperazine rings is 1. The zero-order chi connectivity index (χ0) is 13.7. The van der Waals surface area contributed by atoms with Gasteiger partial charge in [-0.2, -0.15) is 0 Å². The molecule has 1 aliphatic rings. The van der Waals surface area contributed by atoms with Gasteiger partial charge in [0.25, 0.3) is 0 Å². The van der Waals surface area contributed by atoms with Crippen LogP contribution in [0.25, 0.3) is 0 Å². The van der Waals surface area contributed by atoms with Crippen LogP contribution in [0.5, 0.6) is 0 Å². The van der Waals surface area contributed by atoms with Crippen LogP contribution in [0.1, 0.15) is 20.8 Å². The maximum Gasteiger partial charge on any atom is 0.248 e. The number of rotatable bonds is 5. The first-order chi connectivity index (χ1) is 8.41. The predicted octanol–water partition coefficient (Wildman–Crippen LogP) is 0.230. The molecule has 6 heteroatoms. The van der Waals surface area contributed by atoms with Gasteiger partial charge in [0, 0.05) is 26.2 Å². The highest BCUT2D eigenvalue weighted by molar-refractivity contribution is 7.80. The summed E-state index contributed by atoms with van der Waals surface area (Å²) in [6.45, 7) is 9.08. The number of ether oxygens (including phenoxy) is 1. The molecule has 1 amide bonds. The SMILES string of the molecule is CC(C)OCC(=O)N1CCN(C(C)C(N)=S)CC1. The van der Waals surface area contributed by atoms with Crippen LogP contribution in [0.2, 0.25) is 0 Å². The van der Waals surface area contributed by atoms with Gasteiger partial charge in [0.2, 0.25) is 5.91 Å². The molecule has 0 saturated carbocycles. The van der Waals surface area contributed by atoms with Crippen LogP contribution in [0, 0.1) is 0 Å². The molecule has 1 heterocycles. The van der Waals surface area contributed by atoms with E-state index in [9.17, 15) is 4.79 Å². The van der Waals surface area contributed by atoms with Crippen molar-refractivity contribution in [3.63, 3.8) is 0 Å². The topological polar surface area (TPSA) is 58.8 Å². The number of hydrogen-bond acceptors (Lipinski definition) is 4. The van der Waals surface area contributed by atoms with Gasteiger partial charge in [-0.05, 0) is 20.8 Å². The third kappa shape index (κ3) is 4.51. The van der Waals surface area contributed by atoms with Crippen molar-refractivity contribution in [1.82, 2.24) is 9.80 Å². The molecule has 0 radical (unpaired) electrons. The summed E-state index contributed by atoms with van der Waals surface area (Å²) >= 11 is 4.99. The Morgan fingerprint density at radius 2 is 1.83 bits per heavy atom. The van der Waals surface area contributed by atoms with E-state index in [4.69, 9.17) is 22.7 Å². The van der Waals surface area contributed by atoms with Crippen molar-refractivity contribution in [3.05, 3.63) is 0 Å². The maximum atomic E-state index is 11.8. The van der Waals surface area contributed by atoms with Gasteiger partial charge in [-0.3, -0.25) is 9.69 Å². The second-order valence-electron chi connectivity index (χ2n) is 4.85. The van der Waals surface area contributed by atoms with Gasteiger partial charge in [0.1, 0.15) is 6.61 Å². The lowest BCUT2D eigenvalue weighted by Crippen LogP contribution is -2.54. The summed E-state index contributed by atoms with van der Waals surface area (Å²) in [6, 6.07) is 0.101. The number of amides is 1. The van der Waals surface area contributed by atoms with Crippen LogP contribution >= 0.6 is 12.2 Å². The normalized spacial score (nSPS) is 19.0. The average Bonchev–Trinajstić information content (AvgIpc) is 2.35. The summed E-state index contributed by atoms with van der Waals surface area (Å²) in [4.78, 5) is 16.4. The van der Waals surface area contributed by atoms with Crippen molar-refractivity contribution >= 4 is 23.1 Å². The van der Waals surface area contributed by atoms with Crippen molar-refractivity contribution in [1.29, 1.82) is 0 Å². The van der Waals surface area contributed by atoms with Crippen molar-refractivity contribution in [2.24, 2.45) is 5.73 Å². The number of carbonyl (C=O) groups is 1. The van der Waals surface area contributed by atoms with E-state index < -0.39 is 0 Å². The summed E-state index contributed by atoms with van der Waals surface area (Å²) in [5.41, 5.74) is 5.63. The molecule has 5 nitrogen and oxygen atoms in total. The summed E-state index contributed by atoms with van der Waals surface area (Å²) in [7, 11) is 0. The average molecular weight is 273 g/mol. The van der Waals surface area contributed by atoms with E-state index in [0.29, 0.717) is 18.1 Å². The molecule has 1 rings (SSSR count). The van der Waals surface area contributed by atoms with Gasteiger partial charge < -0.3 is 15.4 Å². The summed E-state index contributed by atoms with van der Waals surface area (Å²) in [5, 5.41) is 0. The largest absolute Gasteiger partial charge is 0.392 e. The first-order valence-electron chi connectivity index (χ1n) is 6.34. The Bertz CT molecular complexity index is 302. The van der Waals surface area contributed by atoms with Gasteiger partial charge in [-0.1, -0.05) is 12.2 Å². The summed E-state index contributed by atoms with van der Waals surface area (Å²) in [5.74, 6) is 0.0614.